The average Bonchev–Trinajstić information content (AvgIpc) is 3.47. The second kappa shape index (κ2) is 13.0. The van der Waals surface area contributed by atoms with Crippen molar-refractivity contribution in [3.63, 3.8) is 0 Å². The van der Waals surface area contributed by atoms with Crippen LogP contribution >= 0.6 is 0 Å². The van der Waals surface area contributed by atoms with Gasteiger partial charge in [-0.25, -0.2) is 23.4 Å². The molecule has 2 aromatic carbocycles. The summed E-state index contributed by atoms with van der Waals surface area (Å²) in [7, 11) is 0. The van der Waals surface area contributed by atoms with Crippen LogP contribution in [0.4, 0.5) is 19.0 Å². The zero-order chi connectivity index (χ0) is 33.3. The molecule has 47 heavy (non-hydrogen) atoms. The third kappa shape index (κ3) is 6.36. The van der Waals surface area contributed by atoms with Crippen LogP contribution in [0.25, 0.3) is 22.3 Å². The Morgan fingerprint density at radius 3 is 2.66 bits per heavy atom. The SMILES string of the molecule is CC(C)(C=C(C#N)C(=O)N1CCC[C@H](n2nc(-c3ccc(Oc4cccc(F)c4F)cc3F)c3c(N)ncnc32)C1)N1CCOCC1. The monoisotopic (exact) mass is 646 g/mol. The molecule has 4 heterocycles. The first-order valence-corrected chi connectivity index (χ1v) is 15.2. The molecule has 1 amide bonds. The summed E-state index contributed by atoms with van der Waals surface area (Å²) in [5, 5.41) is 15.0. The number of nitrogen functional groups attached to an aromatic ring is 1. The normalized spacial score (nSPS) is 17.9. The van der Waals surface area contributed by atoms with Crippen molar-refractivity contribution in [2.24, 2.45) is 0 Å². The second-order valence-corrected chi connectivity index (χ2v) is 12.0. The molecule has 14 heteroatoms. The lowest BCUT2D eigenvalue weighted by Crippen LogP contribution is -2.49. The van der Waals surface area contributed by atoms with Gasteiger partial charge in [-0.2, -0.15) is 14.8 Å². The van der Waals surface area contributed by atoms with Gasteiger partial charge in [-0.1, -0.05) is 6.07 Å². The van der Waals surface area contributed by atoms with E-state index in [0.717, 1.165) is 12.1 Å². The Morgan fingerprint density at radius 1 is 1.13 bits per heavy atom. The molecule has 0 aliphatic carbocycles. The highest BCUT2D eigenvalue weighted by molar-refractivity contribution is 5.99. The molecule has 244 valence electrons. The summed E-state index contributed by atoms with van der Waals surface area (Å²) < 4.78 is 55.9. The number of carbonyl (C=O) groups excluding carboxylic acids is 1. The first-order valence-electron chi connectivity index (χ1n) is 15.2. The molecular formula is C33H33F3N8O3. The zero-order valence-corrected chi connectivity index (χ0v) is 25.9. The Hall–Kier alpha value is -5.00. The van der Waals surface area contributed by atoms with E-state index in [2.05, 4.69) is 20.9 Å². The fourth-order valence-corrected chi connectivity index (χ4v) is 6.11. The number of hydrogen-bond acceptors (Lipinski definition) is 9. The number of carbonyl (C=O) groups is 1. The molecule has 0 unspecified atom stereocenters. The van der Waals surface area contributed by atoms with Crippen LogP contribution in [0.5, 0.6) is 11.5 Å². The van der Waals surface area contributed by atoms with Gasteiger partial charge in [0.2, 0.25) is 5.82 Å². The molecule has 2 N–H and O–H groups in total. The minimum Gasteiger partial charge on any atom is -0.454 e. The van der Waals surface area contributed by atoms with Crippen molar-refractivity contribution in [1.29, 1.82) is 5.26 Å². The van der Waals surface area contributed by atoms with E-state index in [4.69, 9.17) is 20.3 Å². The molecule has 4 aromatic rings. The topological polar surface area (TPSA) is 135 Å². The van der Waals surface area contributed by atoms with Gasteiger partial charge in [-0.15, -0.1) is 0 Å². The number of benzene rings is 2. The van der Waals surface area contributed by atoms with Crippen LogP contribution in [-0.4, -0.2) is 80.4 Å². The first kappa shape index (κ1) is 32.0. The van der Waals surface area contributed by atoms with Gasteiger partial charge in [-0.05, 0) is 57.0 Å². The van der Waals surface area contributed by atoms with Crippen LogP contribution in [0.3, 0.4) is 0 Å². The summed E-state index contributed by atoms with van der Waals surface area (Å²) in [4.78, 5) is 26.0. The van der Waals surface area contributed by atoms with E-state index in [9.17, 15) is 18.8 Å². The van der Waals surface area contributed by atoms with Gasteiger partial charge in [0.15, 0.2) is 17.2 Å². The van der Waals surface area contributed by atoms with Crippen LogP contribution in [-0.2, 0) is 9.53 Å². The lowest BCUT2D eigenvalue weighted by Gasteiger charge is -2.39. The molecule has 11 nitrogen and oxygen atoms in total. The maximum absolute atomic E-state index is 15.6. The first-order chi connectivity index (χ1) is 22.6. The van der Waals surface area contributed by atoms with Gasteiger partial charge in [0.1, 0.15) is 41.0 Å². The van der Waals surface area contributed by atoms with Crippen molar-refractivity contribution in [2.75, 3.05) is 45.1 Å². The average molecular weight is 647 g/mol. The summed E-state index contributed by atoms with van der Waals surface area (Å²) in [5.41, 5.74) is 6.38. The molecule has 0 bridgehead atoms. The zero-order valence-electron chi connectivity index (χ0n) is 25.9. The minimum absolute atomic E-state index is 0.0525. The highest BCUT2D eigenvalue weighted by Crippen LogP contribution is 2.37. The van der Waals surface area contributed by atoms with E-state index in [1.807, 2.05) is 13.8 Å². The standard InChI is InChI=1S/C33H33F3N8O3/c1-33(2,43-11-13-46-14-12-43)16-20(17-37)32(45)42-10-4-5-21(18-42)44-31-27(30(38)39-19-40-31)29(41-44)23-9-8-22(15-25(23)35)47-26-7-3-6-24(34)28(26)36/h3,6-9,15-16,19,21H,4-5,10-14,18H2,1-2H3,(H2,38,39,40)/t21-/m0/s1. The Bertz CT molecular complexity index is 1900. The summed E-state index contributed by atoms with van der Waals surface area (Å²) in [6.07, 6.45) is 4.29. The highest BCUT2D eigenvalue weighted by atomic mass is 19.2. The molecule has 2 aliphatic rings. The van der Waals surface area contributed by atoms with Crippen molar-refractivity contribution in [3.05, 3.63) is 71.8 Å². The number of likely N-dealkylation sites (tertiary alicyclic amines) is 1. The molecule has 1 atom stereocenters. The summed E-state index contributed by atoms with van der Waals surface area (Å²) >= 11 is 0. The largest absolute Gasteiger partial charge is 0.454 e. The van der Waals surface area contributed by atoms with Gasteiger partial charge in [-0.3, -0.25) is 9.69 Å². The number of morpholine rings is 1. The molecule has 0 saturated carbocycles. The maximum Gasteiger partial charge on any atom is 0.264 e. The fourth-order valence-electron chi connectivity index (χ4n) is 6.11. The second-order valence-electron chi connectivity index (χ2n) is 12.0. The van der Waals surface area contributed by atoms with E-state index in [1.54, 1.807) is 15.7 Å². The molecule has 0 radical (unpaired) electrons. The van der Waals surface area contributed by atoms with Crippen LogP contribution < -0.4 is 10.5 Å². The van der Waals surface area contributed by atoms with Crippen molar-refractivity contribution in [2.45, 2.75) is 38.3 Å². The predicted octanol–water partition coefficient (Wildman–Crippen LogP) is 5.01. The van der Waals surface area contributed by atoms with Gasteiger partial charge >= 0.3 is 0 Å². The summed E-state index contributed by atoms with van der Waals surface area (Å²) in [5.74, 6) is -3.76. The number of nitrogens with zero attached hydrogens (tertiary/aromatic N) is 7. The number of anilines is 1. The Kier molecular flexibility index (Phi) is 8.85. The van der Waals surface area contributed by atoms with Crippen LogP contribution in [0.15, 0.2) is 54.4 Å². The number of ether oxygens (including phenoxy) is 2. The Balaban J connectivity index is 1.29. The molecule has 2 fully saturated rings. The van der Waals surface area contributed by atoms with E-state index in [-0.39, 0.29) is 52.6 Å². The van der Waals surface area contributed by atoms with E-state index < -0.39 is 23.0 Å². The molecule has 2 saturated heterocycles. The van der Waals surface area contributed by atoms with E-state index in [0.29, 0.717) is 56.7 Å². The van der Waals surface area contributed by atoms with Crippen molar-refractivity contribution in [3.8, 4) is 28.8 Å². The number of rotatable bonds is 7. The highest BCUT2D eigenvalue weighted by Gasteiger charge is 2.33. The Morgan fingerprint density at radius 2 is 1.91 bits per heavy atom. The van der Waals surface area contributed by atoms with Gasteiger partial charge in [0.25, 0.3) is 5.91 Å². The number of halogens is 3. The third-order valence-electron chi connectivity index (χ3n) is 8.56. The number of hydrogen-bond donors (Lipinski definition) is 1. The van der Waals surface area contributed by atoms with Crippen LogP contribution in [0.1, 0.15) is 32.7 Å². The van der Waals surface area contributed by atoms with Gasteiger partial charge < -0.3 is 20.1 Å². The van der Waals surface area contributed by atoms with Gasteiger partial charge in [0.05, 0.1) is 24.6 Å². The lowest BCUT2D eigenvalue weighted by atomic mass is 9.97. The number of fused-ring (bicyclic) bond motifs is 1. The molecule has 6 rings (SSSR count). The van der Waals surface area contributed by atoms with Crippen LogP contribution in [0.2, 0.25) is 0 Å². The van der Waals surface area contributed by atoms with Crippen molar-refractivity contribution in [1.82, 2.24) is 29.5 Å². The Labute approximate surface area is 269 Å². The third-order valence-corrected chi connectivity index (χ3v) is 8.56. The predicted molar refractivity (Wildman–Crippen MR) is 167 cm³/mol. The lowest BCUT2D eigenvalue weighted by molar-refractivity contribution is -0.128. The minimum atomic E-state index is -1.19. The maximum atomic E-state index is 15.6. The molecule has 0 spiro atoms. The number of nitriles is 1. The smallest absolute Gasteiger partial charge is 0.264 e. The number of nitrogens with two attached hydrogens (primary N) is 1. The molecular weight excluding hydrogens is 613 g/mol. The van der Waals surface area contributed by atoms with Crippen LogP contribution in [0, 0.1) is 28.8 Å². The number of aromatic nitrogens is 4. The molecule has 2 aromatic heterocycles. The quantitative estimate of drug-likeness (QED) is 0.217. The summed E-state index contributed by atoms with van der Waals surface area (Å²) in [6, 6.07) is 9.06. The van der Waals surface area contributed by atoms with E-state index in [1.165, 1.54) is 30.6 Å². The van der Waals surface area contributed by atoms with Crippen molar-refractivity contribution >= 4 is 22.8 Å². The van der Waals surface area contributed by atoms with Gasteiger partial charge in [0, 0.05) is 43.3 Å². The fraction of sp³-hybridized carbons (Fsp3) is 0.364. The number of amides is 1. The van der Waals surface area contributed by atoms with E-state index >= 15 is 4.39 Å². The molecule has 2 aliphatic heterocycles. The summed E-state index contributed by atoms with van der Waals surface area (Å²) in [6.45, 7) is 7.22. The van der Waals surface area contributed by atoms with Crippen molar-refractivity contribution < 1.29 is 27.4 Å². The number of piperidine rings is 1.